The van der Waals surface area contributed by atoms with Gasteiger partial charge >= 0.3 is 0 Å². The third kappa shape index (κ3) is 4.17. The maximum absolute atomic E-state index is 13.7. The van der Waals surface area contributed by atoms with E-state index in [2.05, 4.69) is 4.98 Å². The van der Waals surface area contributed by atoms with Crippen molar-refractivity contribution >= 4 is 34.3 Å². The highest BCUT2D eigenvalue weighted by Gasteiger charge is 2.44. The van der Waals surface area contributed by atoms with Gasteiger partial charge in [-0.25, -0.2) is 4.98 Å². The van der Waals surface area contributed by atoms with Crippen molar-refractivity contribution in [2.75, 3.05) is 13.7 Å². The summed E-state index contributed by atoms with van der Waals surface area (Å²) in [5.41, 5.74) is 0.992. The number of halogens is 1. The van der Waals surface area contributed by atoms with Crippen molar-refractivity contribution in [2.45, 2.75) is 19.0 Å². The Bertz CT molecular complexity index is 1440. The summed E-state index contributed by atoms with van der Waals surface area (Å²) in [6, 6.07) is 13.0. The molecule has 0 saturated heterocycles. The van der Waals surface area contributed by atoms with Crippen LogP contribution in [0.2, 0.25) is 5.02 Å². The van der Waals surface area contributed by atoms with E-state index in [-0.39, 0.29) is 11.3 Å². The van der Waals surface area contributed by atoms with Gasteiger partial charge in [0.15, 0.2) is 22.9 Å². The molecule has 0 fully saturated rings. The lowest BCUT2D eigenvalue weighted by molar-refractivity contribution is -0.129. The zero-order valence-electron chi connectivity index (χ0n) is 18.8. The van der Waals surface area contributed by atoms with Gasteiger partial charge in [-0.1, -0.05) is 35.9 Å². The molecule has 1 aliphatic rings. The number of aliphatic hydroxyl groups excluding tert-OH is 1. The number of aliphatic hydroxyl groups is 1. The molecule has 4 aromatic rings. The molecule has 2 aromatic carbocycles. The molecule has 1 aliphatic heterocycles. The Kier molecular flexibility index (Phi) is 6.05. The predicted octanol–water partition coefficient (Wildman–Crippen LogP) is 4.96. The quantitative estimate of drug-likeness (QED) is 0.350. The molecule has 1 unspecified atom stereocenters. The molecule has 1 atom stereocenters. The fraction of sp³-hybridized carbons (Fsp3) is 0.192. The number of aryl methyl sites for hydroxylation is 1. The summed E-state index contributed by atoms with van der Waals surface area (Å²) in [5.74, 6) is -1.29. The molecule has 8 nitrogen and oxygen atoms in total. The smallest absolute Gasteiger partial charge is 0.290 e. The van der Waals surface area contributed by atoms with E-state index in [0.29, 0.717) is 46.8 Å². The Hall–Kier alpha value is -4.04. The van der Waals surface area contributed by atoms with Gasteiger partial charge in [-0.05, 0) is 36.2 Å². The zero-order chi connectivity index (χ0) is 24.5. The Labute approximate surface area is 206 Å². The van der Waals surface area contributed by atoms with Crippen molar-refractivity contribution in [3.05, 3.63) is 94.9 Å². The number of ether oxygens (including phenoxy) is 1. The summed E-state index contributed by atoms with van der Waals surface area (Å²) in [5, 5.41) is 12.0. The fourth-order valence-electron chi connectivity index (χ4n) is 4.42. The number of ketones is 1. The molecule has 0 bridgehead atoms. The molecular weight excluding hydrogens is 470 g/mol. The van der Waals surface area contributed by atoms with E-state index in [0.717, 1.165) is 0 Å². The summed E-state index contributed by atoms with van der Waals surface area (Å²) >= 11 is 6.24. The van der Waals surface area contributed by atoms with E-state index in [9.17, 15) is 14.7 Å². The van der Waals surface area contributed by atoms with Crippen LogP contribution >= 0.6 is 11.6 Å². The third-order valence-corrected chi connectivity index (χ3v) is 6.27. The van der Waals surface area contributed by atoms with Gasteiger partial charge in [0.1, 0.15) is 0 Å². The molecule has 3 heterocycles. The minimum Gasteiger partial charge on any atom is -0.503 e. The number of amides is 1. The Morgan fingerprint density at radius 2 is 2.03 bits per heavy atom. The van der Waals surface area contributed by atoms with E-state index in [1.165, 1.54) is 12.0 Å². The number of para-hydroxylation sites is 1. The van der Waals surface area contributed by atoms with Crippen LogP contribution in [-0.2, 0) is 11.3 Å². The zero-order valence-corrected chi connectivity index (χ0v) is 19.6. The minimum absolute atomic E-state index is 0.00569. The van der Waals surface area contributed by atoms with Gasteiger partial charge in [0.05, 0.1) is 25.1 Å². The molecular formula is C26H22ClN3O5. The van der Waals surface area contributed by atoms with E-state index >= 15 is 0 Å². The summed E-state index contributed by atoms with van der Waals surface area (Å²) in [4.78, 5) is 32.3. The maximum Gasteiger partial charge on any atom is 0.290 e. The van der Waals surface area contributed by atoms with Crippen LogP contribution in [0, 0.1) is 0 Å². The highest BCUT2D eigenvalue weighted by Crippen LogP contribution is 2.40. The number of nitrogens with zero attached hydrogens (tertiary/aromatic N) is 3. The Morgan fingerprint density at radius 1 is 1.20 bits per heavy atom. The summed E-state index contributed by atoms with van der Waals surface area (Å²) in [6.07, 6.45) is 5.81. The number of carbonyl (C=O) groups excluding carboxylic acids is 2. The highest BCUT2D eigenvalue weighted by molar-refractivity contribution is 6.30. The van der Waals surface area contributed by atoms with Gasteiger partial charge in [-0.15, -0.1) is 0 Å². The SMILES string of the molecule is COc1cccc2cc(C(=O)C3=C(O)C(=O)N(CCCn4ccnc4)C3c3cccc(Cl)c3)oc12. The van der Waals surface area contributed by atoms with Gasteiger partial charge in [0.2, 0.25) is 5.78 Å². The van der Waals surface area contributed by atoms with Crippen LogP contribution in [0.4, 0.5) is 0 Å². The van der Waals surface area contributed by atoms with E-state index in [1.54, 1.807) is 61.1 Å². The monoisotopic (exact) mass is 491 g/mol. The lowest BCUT2D eigenvalue weighted by atomic mass is 9.95. The van der Waals surface area contributed by atoms with Crippen LogP contribution in [0.25, 0.3) is 11.0 Å². The van der Waals surface area contributed by atoms with E-state index < -0.39 is 23.5 Å². The number of Topliss-reactive ketones (excluding diaryl/α,β-unsaturated/α-hetero) is 1. The summed E-state index contributed by atoms with van der Waals surface area (Å²) in [6.45, 7) is 0.933. The first-order chi connectivity index (χ1) is 17.0. The first kappa shape index (κ1) is 22.7. The van der Waals surface area contributed by atoms with Gasteiger partial charge < -0.3 is 23.7 Å². The van der Waals surface area contributed by atoms with Gasteiger partial charge in [0, 0.05) is 35.9 Å². The highest BCUT2D eigenvalue weighted by atomic mass is 35.5. The third-order valence-electron chi connectivity index (χ3n) is 6.04. The Balaban J connectivity index is 1.52. The molecule has 0 spiro atoms. The molecule has 9 heteroatoms. The van der Waals surface area contributed by atoms with Crippen molar-refractivity contribution in [3.63, 3.8) is 0 Å². The minimum atomic E-state index is -0.813. The van der Waals surface area contributed by atoms with Crippen molar-refractivity contribution < 1.29 is 23.8 Å². The molecule has 0 radical (unpaired) electrons. The fourth-order valence-corrected chi connectivity index (χ4v) is 4.62. The van der Waals surface area contributed by atoms with Crippen molar-refractivity contribution in [1.82, 2.24) is 14.5 Å². The normalized spacial score (nSPS) is 15.9. The molecule has 0 aliphatic carbocycles. The average molecular weight is 492 g/mol. The van der Waals surface area contributed by atoms with Crippen LogP contribution in [0.3, 0.4) is 0 Å². The standard InChI is InChI=1S/C26H22ClN3O5/c1-34-19-8-3-6-17-14-20(35-25(17)19)23(31)21-22(16-5-2-7-18(27)13-16)30(26(33)24(21)32)11-4-10-29-12-9-28-15-29/h2-3,5-9,12-15,22,32H,4,10-11H2,1H3. The molecule has 1 amide bonds. The first-order valence-corrected chi connectivity index (χ1v) is 11.4. The maximum atomic E-state index is 13.7. The summed E-state index contributed by atoms with van der Waals surface area (Å²) in [7, 11) is 1.51. The molecule has 5 rings (SSSR count). The second kappa shape index (κ2) is 9.31. The first-order valence-electron chi connectivity index (χ1n) is 11.0. The number of hydrogen-bond acceptors (Lipinski definition) is 6. The van der Waals surface area contributed by atoms with Crippen LogP contribution < -0.4 is 4.74 Å². The van der Waals surface area contributed by atoms with Gasteiger partial charge in [-0.3, -0.25) is 9.59 Å². The number of fused-ring (bicyclic) bond motifs is 1. The average Bonchev–Trinajstić information content (AvgIpc) is 3.58. The number of carbonyl (C=O) groups is 2. The lowest BCUT2D eigenvalue weighted by Crippen LogP contribution is -2.32. The van der Waals surface area contributed by atoms with Crippen molar-refractivity contribution in [1.29, 1.82) is 0 Å². The van der Waals surface area contributed by atoms with Crippen LogP contribution in [0.5, 0.6) is 5.75 Å². The Morgan fingerprint density at radius 3 is 2.77 bits per heavy atom. The van der Waals surface area contributed by atoms with Gasteiger partial charge in [0.25, 0.3) is 5.91 Å². The second-order valence-corrected chi connectivity index (χ2v) is 8.63. The van der Waals surface area contributed by atoms with Crippen LogP contribution in [-0.4, -0.2) is 44.9 Å². The predicted molar refractivity (Wildman–Crippen MR) is 130 cm³/mol. The van der Waals surface area contributed by atoms with E-state index in [4.69, 9.17) is 20.8 Å². The number of aromatic nitrogens is 2. The number of rotatable bonds is 8. The van der Waals surface area contributed by atoms with Crippen LogP contribution in [0.1, 0.15) is 28.6 Å². The summed E-state index contributed by atoms with van der Waals surface area (Å²) < 4.78 is 13.1. The molecule has 1 N–H and O–H groups in total. The topological polar surface area (TPSA) is 97.8 Å². The second-order valence-electron chi connectivity index (χ2n) is 8.19. The van der Waals surface area contributed by atoms with Gasteiger partial charge in [-0.2, -0.15) is 0 Å². The number of methoxy groups -OCH3 is 1. The number of imidazole rings is 1. The largest absolute Gasteiger partial charge is 0.503 e. The molecule has 0 saturated carbocycles. The molecule has 178 valence electrons. The number of furan rings is 1. The number of hydrogen-bond donors (Lipinski definition) is 1. The number of benzene rings is 2. The van der Waals surface area contributed by atoms with Crippen molar-refractivity contribution in [3.8, 4) is 5.75 Å². The molecule has 2 aromatic heterocycles. The van der Waals surface area contributed by atoms with Crippen LogP contribution in [0.15, 0.2) is 83.0 Å². The van der Waals surface area contributed by atoms with E-state index in [1.807, 2.05) is 10.8 Å². The molecule has 35 heavy (non-hydrogen) atoms. The lowest BCUT2D eigenvalue weighted by Gasteiger charge is -2.27. The van der Waals surface area contributed by atoms with Crippen molar-refractivity contribution in [2.24, 2.45) is 0 Å².